The van der Waals surface area contributed by atoms with Gasteiger partial charge in [0.1, 0.15) is 5.82 Å². The van der Waals surface area contributed by atoms with E-state index in [4.69, 9.17) is 11.6 Å². The number of anilines is 1. The predicted molar refractivity (Wildman–Crippen MR) is 105 cm³/mol. The van der Waals surface area contributed by atoms with Crippen molar-refractivity contribution >= 4 is 52.0 Å². The maximum absolute atomic E-state index is 12.9. The Bertz CT molecular complexity index is 928. The summed E-state index contributed by atoms with van der Waals surface area (Å²) in [6.45, 7) is 0. The second-order valence-corrected chi connectivity index (χ2v) is 7.24. The molecule has 4 nitrogen and oxygen atoms in total. The number of hydrogen-bond acceptors (Lipinski definition) is 5. The molecule has 0 saturated heterocycles. The monoisotopic (exact) mass is 405 g/mol. The van der Waals surface area contributed by atoms with E-state index in [1.54, 1.807) is 24.3 Å². The zero-order valence-electron chi connectivity index (χ0n) is 13.4. The summed E-state index contributed by atoms with van der Waals surface area (Å²) in [5.41, 5.74) is 1.73. The van der Waals surface area contributed by atoms with Crippen molar-refractivity contribution in [3.8, 4) is 0 Å². The number of carbonyl (C=O) groups excluding carboxylic acids is 1. The topological polar surface area (TPSA) is 54.9 Å². The van der Waals surface area contributed by atoms with Gasteiger partial charge in [-0.1, -0.05) is 53.7 Å². The van der Waals surface area contributed by atoms with Crippen LogP contribution in [0.15, 0.2) is 59.8 Å². The molecule has 1 heterocycles. The number of rotatable bonds is 6. The van der Waals surface area contributed by atoms with Gasteiger partial charge in [0.15, 0.2) is 0 Å². The summed E-state index contributed by atoms with van der Waals surface area (Å²) in [4.78, 5) is 16.2. The minimum atomic E-state index is -0.309. The number of aromatic nitrogens is 2. The molecule has 0 bridgehead atoms. The van der Waals surface area contributed by atoms with Crippen LogP contribution in [0.1, 0.15) is 11.1 Å². The Labute approximate surface area is 163 Å². The van der Waals surface area contributed by atoms with Crippen molar-refractivity contribution in [1.82, 2.24) is 9.36 Å². The molecule has 8 heteroatoms. The van der Waals surface area contributed by atoms with Gasteiger partial charge in [0.25, 0.3) is 0 Å². The van der Waals surface area contributed by atoms with Gasteiger partial charge in [-0.25, -0.2) is 4.39 Å². The number of carbonyl (C=O) groups is 1. The third-order valence-electron chi connectivity index (χ3n) is 3.24. The molecule has 3 rings (SSSR count). The van der Waals surface area contributed by atoms with Crippen LogP contribution in [0.4, 0.5) is 9.52 Å². The highest BCUT2D eigenvalue weighted by Gasteiger charge is 2.07. The minimum Gasteiger partial charge on any atom is -0.297 e. The molecule has 2 aromatic carbocycles. The summed E-state index contributed by atoms with van der Waals surface area (Å²) in [7, 11) is 0. The van der Waals surface area contributed by atoms with Crippen LogP contribution in [-0.4, -0.2) is 15.3 Å². The van der Waals surface area contributed by atoms with Crippen LogP contribution in [0.25, 0.3) is 6.08 Å². The zero-order chi connectivity index (χ0) is 18.4. The molecule has 0 spiro atoms. The van der Waals surface area contributed by atoms with Gasteiger partial charge in [0.05, 0.1) is 0 Å². The average Bonchev–Trinajstić information content (AvgIpc) is 3.08. The van der Waals surface area contributed by atoms with Crippen LogP contribution in [0, 0.1) is 5.82 Å². The number of benzene rings is 2. The Morgan fingerprint density at radius 2 is 2.00 bits per heavy atom. The lowest BCUT2D eigenvalue weighted by Crippen LogP contribution is -2.07. The minimum absolute atomic E-state index is 0.264. The molecule has 132 valence electrons. The van der Waals surface area contributed by atoms with Gasteiger partial charge in [0.2, 0.25) is 16.2 Å². The van der Waals surface area contributed by atoms with E-state index >= 15 is 0 Å². The first-order valence-corrected chi connectivity index (χ1v) is 9.68. The molecule has 1 aromatic heterocycles. The van der Waals surface area contributed by atoms with E-state index in [0.29, 0.717) is 21.1 Å². The molecule has 0 atom stereocenters. The number of nitrogens with one attached hydrogen (secondary N) is 1. The third kappa shape index (κ3) is 5.39. The normalized spacial score (nSPS) is 11.0. The molecule has 0 radical (unpaired) electrons. The maximum Gasteiger partial charge on any atom is 0.250 e. The number of hydrogen-bond donors (Lipinski definition) is 1. The molecule has 0 unspecified atom stereocenters. The van der Waals surface area contributed by atoms with Crippen LogP contribution in [-0.2, 0) is 10.5 Å². The molecule has 0 aliphatic rings. The molecule has 0 fully saturated rings. The van der Waals surface area contributed by atoms with Crippen molar-refractivity contribution in [2.45, 2.75) is 10.9 Å². The molecule has 3 aromatic rings. The first-order chi connectivity index (χ1) is 12.6. The fourth-order valence-corrected chi connectivity index (χ4v) is 3.67. The molecule has 0 saturated carbocycles. The highest BCUT2D eigenvalue weighted by Crippen LogP contribution is 2.24. The van der Waals surface area contributed by atoms with Crippen molar-refractivity contribution in [3.63, 3.8) is 0 Å². The highest BCUT2D eigenvalue weighted by molar-refractivity contribution is 7.98. The average molecular weight is 406 g/mol. The molecular weight excluding hydrogens is 393 g/mol. The fraction of sp³-hybridized carbons (Fsp3) is 0.0556. The number of nitrogens with zero attached hydrogens (tertiary/aromatic N) is 2. The molecule has 26 heavy (non-hydrogen) atoms. The SMILES string of the molecule is O=C(C=Cc1ccccc1Cl)Nc1nc(SCc2ccc(F)cc2)ns1. The molecule has 0 aliphatic heterocycles. The van der Waals surface area contributed by atoms with Crippen LogP contribution in [0.5, 0.6) is 0 Å². The maximum atomic E-state index is 12.9. The first-order valence-electron chi connectivity index (χ1n) is 7.55. The predicted octanol–water partition coefficient (Wildman–Crippen LogP) is 5.27. The van der Waals surface area contributed by atoms with Gasteiger partial charge >= 0.3 is 0 Å². The summed E-state index contributed by atoms with van der Waals surface area (Å²) in [5, 5.41) is 4.22. The van der Waals surface area contributed by atoms with Crippen molar-refractivity contribution < 1.29 is 9.18 Å². The fourth-order valence-electron chi connectivity index (χ4n) is 1.97. The van der Waals surface area contributed by atoms with Crippen molar-refractivity contribution in [1.29, 1.82) is 0 Å². The Morgan fingerprint density at radius 3 is 2.77 bits per heavy atom. The quantitative estimate of drug-likeness (QED) is 0.448. The summed E-state index contributed by atoms with van der Waals surface area (Å²) >= 11 is 8.56. The van der Waals surface area contributed by atoms with Gasteiger partial charge in [-0.05, 0) is 35.4 Å². The third-order valence-corrected chi connectivity index (χ3v) is 5.25. The lowest BCUT2D eigenvalue weighted by molar-refractivity contribution is -0.111. The van der Waals surface area contributed by atoms with Crippen LogP contribution >= 0.6 is 34.9 Å². The van der Waals surface area contributed by atoms with E-state index in [0.717, 1.165) is 22.7 Å². The van der Waals surface area contributed by atoms with Gasteiger partial charge < -0.3 is 0 Å². The van der Waals surface area contributed by atoms with Gasteiger partial charge in [-0.2, -0.15) is 9.36 Å². The number of amides is 1. The summed E-state index contributed by atoms with van der Waals surface area (Å²) < 4.78 is 17.1. The summed E-state index contributed by atoms with van der Waals surface area (Å²) in [6, 6.07) is 13.5. The molecule has 0 aliphatic carbocycles. The largest absolute Gasteiger partial charge is 0.297 e. The first kappa shape index (κ1) is 18.6. The zero-order valence-corrected chi connectivity index (χ0v) is 15.7. The Morgan fingerprint density at radius 1 is 1.23 bits per heavy atom. The molecule has 1 N–H and O–H groups in total. The van der Waals surface area contributed by atoms with E-state index in [-0.39, 0.29) is 11.7 Å². The van der Waals surface area contributed by atoms with Crippen molar-refractivity contribution in [3.05, 3.63) is 76.6 Å². The van der Waals surface area contributed by atoms with Crippen molar-refractivity contribution in [2.75, 3.05) is 5.32 Å². The van der Waals surface area contributed by atoms with E-state index < -0.39 is 0 Å². The van der Waals surface area contributed by atoms with E-state index in [1.807, 2.05) is 18.2 Å². The van der Waals surface area contributed by atoms with Gasteiger partial charge in [-0.3, -0.25) is 10.1 Å². The Kier molecular flexibility index (Phi) is 6.38. The van der Waals surface area contributed by atoms with E-state index in [2.05, 4.69) is 14.7 Å². The van der Waals surface area contributed by atoms with Crippen molar-refractivity contribution in [2.24, 2.45) is 0 Å². The van der Waals surface area contributed by atoms with Crippen LogP contribution < -0.4 is 5.32 Å². The van der Waals surface area contributed by atoms with E-state index in [1.165, 1.54) is 30.0 Å². The number of halogens is 2. The molecular formula is C18H13ClFN3OS2. The second kappa shape index (κ2) is 8.93. The second-order valence-electron chi connectivity index (χ2n) is 5.14. The Hall–Kier alpha value is -2.22. The Balaban J connectivity index is 1.53. The summed E-state index contributed by atoms with van der Waals surface area (Å²) in [5.74, 6) is 0.0492. The molecule has 1 amide bonds. The van der Waals surface area contributed by atoms with E-state index in [9.17, 15) is 9.18 Å². The smallest absolute Gasteiger partial charge is 0.250 e. The lowest BCUT2D eigenvalue weighted by Gasteiger charge is -1.98. The van der Waals surface area contributed by atoms with Gasteiger partial charge in [0, 0.05) is 28.4 Å². The van der Waals surface area contributed by atoms with Gasteiger partial charge in [-0.15, -0.1) is 0 Å². The summed E-state index contributed by atoms with van der Waals surface area (Å²) in [6.07, 6.45) is 3.04. The van der Waals surface area contributed by atoms with Crippen LogP contribution in [0.2, 0.25) is 5.02 Å². The van der Waals surface area contributed by atoms with Crippen LogP contribution in [0.3, 0.4) is 0 Å². The highest BCUT2D eigenvalue weighted by atomic mass is 35.5. The standard InChI is InChI=1S/C18H13ClFN3OS2/c19-15-4-2-1-3-13(15)7-10-16(24)21-17-22-18(23-26-17)25-11-12-5-8-14(20)9-6-12/h1-10H,11H2,(H,21,22,23,24). The lowest BCUT2D eigenvalue weighted by atomic mass is 10.2. The number of thioether (sulfide) groups is 1.